The summed E-state index contributed by atoms with van der Waals surface area (Å²) < 4.78 is 32.2. The summed E-state index contributed by atoms with van der Waals surface area (Å²) in [5.74, 6) is 0. The Morgan fingerprint density at radius 2 is 1.90 bits per heavy atom. The normalized spacial score (nSPS) is 11.8. The number of hydrogen-bond acceptors (Lipinski definition) is 4. The van der Waals surface area contributed by atoms with E-state index in [0.717, 1.165) is 19.3 Å². The first-order valence-electron chi connectivity index (χ1n) is 6.74. The zero-order valence-electron chi connectivity index (χ0n) is 12.4. The summed E-state index contributed by atoms with van der Waals surface area (Å²) in [6.45, 7) is 4.65. The average Bonchev–Trinajstić information content (AvgIpc) is 2.38. The van der Waals surface area contributed by atoms with Crippen LogP contribution in [0.25, 0.3) is 0 Å². The predicted molar refractivity (Wildman–Crippen MR) is 81.2 cm³/mol. The van der Waals surface area contributed by atoms with Gasteiger partial charge in [-0.3, -0.25) is 0 Å². The lowest BCUT2D eigenvalue weighted by atomic mass is 10.1. The molecule has 0 unspecified atom stereocenters. The number of ether oxygens (including phenoxy) is 1. The molecule has 5 nitrogen and oxygen atoms in total. The smallest absolute Gasteiger partial charge is 0.241 e. The van der Waals surface area contributed by atoms with Crippen LogP contribution in [0.1, 0.15) is 30.4 Å². The van der Waals surface area contributed by atoms with Crippen LogP contribution in [0.4, 0.5) is 5.69 Å². The zero-order chi connectivity index (χ0) is 15.2. The molecule has 0 atom stereocenters. The molecule has 0 bridgehead atoms. The second kappa shape index (κ2) is 7.61. The fourth-order valence-corrected chi connectivity index (χ4v) is 3.65. The van der Waals surface area contributed by atoms with E-state index in [1.807, 2.05) is 0 Å². The summed E-state index contributed by atoms with van der Waals surface area (Å²) in [7, 11) is -1.84. The van der Waals surface area contributed by atoms with Crippen molar-refractivity contribution in [3.63, 3.8) is 0 Å². The lowest BCUT2D eigenvalue weighted by molar-refractivity contribution is 0.192. The molecule has 0 radical (unpaired) electrons. The standard InChI is InChI=1S/C14H24N2O3S/c1-11-7-8-13(15)12(2)14(11)20(17,18)16-9-5-4-6-10-19-3/h7-8,16H,4-6,9-10,15H2,1-3H3. The molecule has 1 aromatic rings. The van der Waals surface area contributed by atoms with Gasteiger partial charge >= 0.3 is 0 Å². The number of nitrogens with two attached hydrogens (primary N) is 1. The van der Waals surface area contributed by atoms with E-state index in [1.54, 1.807) is 33.1 Å². The molecule has 1 aromatic carbocycles. The van der Waals surface area contributed by atoms with Gasteiger partial charge in [-0.25, -0.2) is 13.1 Å². The van der Waals surface area contributed by atoms with E-state index in [9.17, 15) is 8.42 Å². The number of rotatable bonds is 8. The highest BCUT2D eigenvalue weighted by molar-refractivity contribution is 7.89. The van der Waals surface area contributed by atoms with Crippen molar-refractivity contribution in [2.24, 2.45) is 0 Å². The highest BCUT2D eigenvalue weighted by atomic mass is 32.2. The van der Waals surface area contributed by atoms with Crippen LogP contribution in [0.2, 0.25) is 0 Å². The molecule has 0 spiro atoms. The van der Waals surface area contributed by atoms with Crippen LogP contribution in [-0.2, 0) is 14.8 Å². The molecule has 1 rings (SSSR count). The average molecular weight is 300 g/mol. The van der Waals surface area contributed by atoms with Crippen molar-refractivity contribution in [2.45, 2.75) is 38.0 Å². The van der Waals surface area contributed by atoms with Crippen molar-refractivity contribution in [1.29, 1.82) is 0 Å². The molecule has 0 fully saturated rings. The van der Waals surface area contributed by atoms with Crippen LogP contribution in [0.5, 0.6) is 0 Å². The second-order valence-corrected chi connectivity index (χ2v) is 6.58. The minimum atomic E-state index is -3.50. The van der Waals surface area contributed by atoms with Crippen molar-refractivity contribution in [3.8, 4) is 0 Å². The Labute approximate surface area is 121 Å². The van der Waals surface area contributed by atoms with E-state index in [4.69, 9.17) is 10.5 Å². The number of nitrogen functional groups attached to an aromatic ring is 1. The molecule has 0 saturated carbocycles. The van der Waals surface area contributed by atoms with Gasteiger partial charge in [0.05, 0.1) is 4.90 Å². The Bertz CT molecular complexity index is 542. The summed E-state index contributed by atoms with van der Waals surface area (Å²) in [5.41, 5.74) is 7.61. The second-order valence-electron chi connectivity index (χ2n) is 4.88. The van der Waals surface area contributed by atoms with E-state index < -0.39 is 10.0 Å². The maximum absolute atomic E-state index is 12.3. The molecular weight excluding hydrogens is 276 g/mol. The van der Waals surface area contributed by atoms with E-state index in [0.29, 0.717) is 34.9 Å². The molecule has 0 amide bonds. The molecule has 0 aliphatic carbocycles. The Kier molecular flexibility index (Phi) is 6.45. The van der Waals surface area contributed by atoms with Gasteiger partial charge in [0.15, 0.2) is 0 Å². The van der Waals surface area contributed by atoms with Crippen LogP contribution >= 0.6 is 0 Å². The Balaban J connectivity index is 2.68. The Morgan fingerprint density at radius 3 is 2.55 bits per heavy atom. The summed E-state index contributed by atoms with van der Waals surface area (Å²) in [4.78, 5) is 0.300. The number of methoxy groups -OCH3 is 1. The third-order valence-corrected chi connectivity index (χ3v) is 4.98. The van der Waals surface area contributed by atoms with Crippen molar-refractivity contribution in [3.05, 3.63) is 23.3 Å². The summed E-state index contributed by atoms with van der Waals surface area (Å²) in [5, 5.41) is 0. The van der Waals surface area contributed by atoms with Gasteiger partial charge in [0.1, 0.15) is 0 Å². The van der Waals surface area contributed by atoms with Crippen molar-refractivity contribution >= 4 is 15.7 Å². The van der Waals surface area contributed by atoms with Crippen LogP contribution in [-0.4, -0.2) is 28.7 Å². The van der Waals surface area contributed by atoms with Gasteiger partial charge < -0.3 is 10.5 Å². The third kappa shape index (κ3) is 4.47. The number of anilines is 1. The fourth-order valence-electron chi connectivity index (χ4n) is 2.08. The number of hydrogen-bond donors (Lipinski definition) is 2. The number of aryl methyl sites for hydroxylation is 1. The Hall–Kier alpha value is -1.11. The monoisotopic (exact) mass is 300 g/mol. The molecular formula is C14H24N2O3S. The van der Waals surface area contributed by atoms with Crippen LogP contribution in [0, 0.1) is 13.8 Å². The van der Waals surface area contributed by atoms with Gasteiger partial charge in [-0.2, -0.15) is 0 Å². The predicted octanol–water partition coefficient (Wildman–Crippen LogP) is 1.98. The molecule has 0 heterocycles. The van der Waals surface area contributed by atoms with Gasteiger partial charge in [0.25, 0.3) is 0 Å². The van der Waals surface area contributed by atoms with E-state index in [1.165, 1.54) is 0 Å². The van der Waals surface area contributed by atoms with E-state index >= 15 is 0 Å². The lowest BCUT2D eigenvalue weighted by Crippen LogP contribution is -2.26. The summed E-state index contributed by atoms with van der Waals surface area (Å²) in [6.07, 6.45) is 2.67. The summed E-state index contributed by atoms with van der Waals surface area (Å²) in [6, 6.07) is 3.46. The summed E-state index contributed by atoms with van der Waals surface area (Å²) >= 11 is 0. The largest absolute Gasteiger partial charge is 0.398 e. The van der Waals surface area contributed by atoms with Gasteiger partial charge in [-0.1, -0.05) is 6.07 Å². The fraction of sp³-hybridized carbons (Fsp3) is 0.571. The third-order valence-electron chi connectivity index (χ3n) is 3.23. The molecule has 3 N–H and O–H groups in total. The molecule has 0 aliphatic rings. The van der Waals surface area contributed by atoms with Gasteiger partial charge in [0, 0.05) is 25.9 Å². The quantitative estimate of drug-likeness (QED) is 0.568. The number of nitrogens with one attached hydrogen (secondary N) is 1. The first kappa shape index (κ1) is 16.9. The minimum absolute atomic E-state index is 0.300. The molecule has 6 heteroatoms. The maximum atomic E-state index is 12.3. The SMILES string of the molecule is COCCCCCNS(=O)(=O)c1c(C)ccc(N)c1C. The molecule has 0 saturated heterocycles. The Morgan fingerprint density at radius 1 is 1.20 bits per heavy atom. The highest BCUT2D eigenvalue weighted by Gasteiger charge is 2.20. The topological polar surface area (TPSA) is 81.4 Å². The van der Waals surface area contributed by atoms with Crippen LogP contribution in [0.15, 0.2) is 17.0 Å². The number of benzene rings is 1. The maximum Gasteiger partial charge on any atom is 0.241 e. The van der Waals surface area contributed by atoms with E-state index in [2.05, 4.69) is 4.72 Å². The van der Waals surface area contributed by atoms with E-state index in [-0.39, 0.29) is 0 Å². The van der Waals surface area contributed by atoms with Crippen LogP contribution < -0.4 is 10.5 Å². The van der Waals surface area contributed by atoms with Gasteiger partial charge in [0.2, 0.25) is 10.0 Å². The number of sulfonamides is 1. The van der Waals surface area contributed by atoms with Crippen molar-refractivity contribution in [2.75, 3.05) is 26.0 Å². The highest BCUT2D eigenvalue weighted by Crippen LogP contribution is 2.24. The number of unbranched alkanes of at least 4 members (excludes halogenated alkanes) is 2. The molecule has 114 valence electrons. The first-order valence-corrected chi connectivity index (χ1v) is 8.22. The lowest BCUT2D eigenvalue weighted by Gasteiger charge is -2.13. The first-order chi connectivity index (χ1) is 9.40. The van der Waals surface area contributed by atoms with Crippen LogP contribution in [0.3, 0.4) is 0 Å². The minimum Gasteiger partial charge on any atom is -0.398 e. The molecule has 0 aromatic heterocycles. The van der Waals surface area contributed by atoms with Gasteiger partial charge in [-0.15, -0.1) is 0 Å². The van der Waals surface area contributed by atoms with Crippen molar-refractivity contribution < 1.29 is 13.2 Å². The molecule has 0 aliphatic heterocycles. The zero-order valence-corrected chi connectivity index (χ0v) is 13.2. The van der Waals surface area contributed by atoms with Crippen molar-refractivity contribution in [1.82, 2.24) is 4.72 Å². The molecule has 20 heavy (non-hydrogen) atoms. The van der Waals surface area contributed by atoms with Gasteiger partial charge in [-0.05, 0) is 50.3 Å².